The maximum atomic E-state index is 12.5. The topological polar surface area (TPSA) is 79.6 Å². The average Bonchev–Trinajstić information content (AvgIpc) is 3.03. The second-order valence-electron chi connectivity index (χ2n) is 6.50. The first-order valence-corrected chi connectivity index (χ1v) is 9.26. The fraction of sp³-hybridized carbons (Fsp3) is 0.250. The highest BCUT2D eigenvalue weighted by Gasteiger charge is 2.36. The molecule has 1 fully saturated rings. The fourth-order valence-corrected chi connectivity index (χ4v) is 3.69. The van der Waals surface area contributed by atoms with Crippen molar-refractivity contribution in [2.75, 3.05) is 11.9 Å². The summed E-state index contributed by atoms with van der Waals surface area (Å²) in [6.45, 7) is 7.14. The number of anilines is 1. The van der Waals surface area contributed by atoms with E-state index in [4.69, 9.17) is 4.42 Å². The number of carbonyl (C=O) groups is 3. The van der Waals surface area contributed by atoms with Crippen LogP contribution < -0.4 is 5.32 Å². The number of nitrogens with one attached hydrogen (secondary N) is 1. The van der Waals surface area contributed by atoms with Gasteiger partial charge >= 0.3 is 0 Å². The first-order chi connectivity index (χ1) is 12.7. The normalized spacial score (nSPS) is 15.7. The number of benzene rings is 1. The molecule has 7 heteroatoms. The third-order valence-electron chi connectivity index (χ3n) is 4.20. The van der Waals surface area contributed by atoms with Gasteiger partial charge in [-0.15, -0.1) is 0 Å². The van der Waals surface area contributed by atoms with Gasteiger partial charge in [0.2, 0.25) is 5.91 Å². The molecule has 6 nitrogen and oxygen atoms in total. The van der Waals surface area contributed by atoms with Gasteiger partial charge in [0, 0.05) is 11.3 Å². The lowest BCUT2D eigenvalue weighted by Gasteiger charge is -2.13. The van der Waals surface area contributed by atoms with Crippen LogP contribution in [0.1, 0.15) is 28.2 Å². The summed E-state index contributed by atoms with van der Waals surface area (Å²) in [6.07, 6.45) is 1.62. The number of nitrogens with zero attached hydrogens (tertiary/aromatic N) is 1. The number of thioether (sulfide) groups is 1. The summed E-state index contributed by atoms with van der Waals surface area (Å²) in [5, 5.41) is 2.30. The zero-order valence-corrected chi connectivity index (χ0v) is 16.4. The standard InChI is InChI=1S/C20H20N2O4S/c1-11-5-6-16(12(2)7-11)21-18(23)10-22-19(24)17(27-20(22)25)9-15-8-13(3)26-14(15)4/h5-9H,10H2,1-4H3,(H,21,23)/b17-9-. The monoisotopic (exact) mass is 384 g/mol. The summed E-state index contributed by atoms with van der Waals surface area (Å²) in [5.41, 5.74) is 3.42. The Morgan fingerprint density at radius 2 is 1.93 bits per heavy atom. The zero-order valence-electron chi connectivity index (χ0n) is 15.6. The fourth-order valence-electron chi connectivity index (χ4n) is 2.86. The molecule has 1 saturated heterocycles. The minimum Gasteiger partial charge on any atom is -0.466 e. The van der Waals surface area contributed by atoms with Gasteiger partial charge in [-0.25, -0.2) is 0 Å². The highest BCUT2D eigenvalue weighted by molar-refractivity contribution is 8.18. The van der Waals surface area contributed by atoms with Crippen LogP contribution in [0.25, 0.3) is 6.08 Å². The molecule has 0 radical (unpaired) electrons. The molecule has 1 aliphatic heterocycles. The van der Waals surface area contributed by atoms with Crippen molar-refractivity contribution in [2.24, 2.45) is 0 Å². The molecule has 1 aromatic carbocycles. The Balaban J connectivity index is 1.72. The number of aryl methyl sites for hydroxylation is 4. The summed E-state index contributed by atoms with van der Waals surface area (Å²) < 4.78 is 5.44. The summed E-state index contributed by atoms with van der Waals surface area (Å²) in [7, 11) is 0. The molecule has 1 N–H and O–H groups in total. The van der Waals surface area contributed by atoms with Crippen molar-refractivity contribution in [2.45, 2.75) is 27.7 Å². The largest absolute Gasteiger partial charge is 0.466 e. The van der Waals surface area contributed by atoms with Crippen LogP contribution in [0, 0.1) is 27.7 Å². The maximum Gasteiger partial charge on any atom is 0.294 e. The quantitative estimate of drug-likeness (QED) is 0.800. The third kappa shape index (κ3) is 4.14. The van der Waals surface area contributed by atoms with Gasteiger partial charge < -0.3 is 9.73 Å². The van der Waals surface area contributed by atoms with E-state index in [1.54, 1.807) is 25.1 Å². The van der Waals surface area contributed by atoms with Crippen LogP contribution in [0.4, 0.5) is 10.5 Å². The van der Waals surface area contributed by atoms with E-state index in [-0.39, 0.29) is 11.4 Å². The molecule has 0 unspecified atom stereocenters. The maximum absolute atomic E-state index is 12.5. The third-order valence-corrected chi connectivity index (χ3v) is 5.10. The molecule has 2 aromatic rings. The van der Waals surface area contributed by atoms with E-state index in [2.05, 4.69) is 5.32 Å². The molecular formula is C20H20N2O4S. The summed E-state index contributed by atoms with van der Waals surface area (Å²) >= 11 is 0.825. The second kappa shape index (κ2) is 7.44. The van der Waals surface area contributed by atoms with E-state index in [9.17, 15) is 14.4 Å². The Labute approximate surface area is 161 Å². The van der Waals surface area contributed by atoms with Crippen molar-refractivity contribution in [3.8, 4) is 0 Å². The van der Waals surface area contributed by atoms with E-state index >= 15 is 0 Å². The van der Waals surface area contributed by atoms with Crippen LogP contribution in [-0.2, 0) is 9.59 Å². The molecule has 140 valence electrons. The molecule has 3 amide bonds. The van der Waals surface area contributed by atoms with Gasteiger partial charge in [0.25, 0.3) is 11.1 Å². The molecule has 0 spiro atoms. The lowest BCUT2D eigenvalue weighted by molar-refractivity contribution is -0.127. The van der Waals surface area contributed by atoms with Crippen molar-refractivity contribution < 1.29 is 18.8 Å². The molecular weight excluding hydrogens is 364 g/mol. The van der Waals surface area contributed by atoms with E-state index in [1.807, 2.05) is 32.9 Å². The van der Waals surface area contributed by atoms with Gasteiger partial charge in [0.15, 0.2) is 0 Å². The number of hydrogen-bond acceptors (Lipinski definition) is 5. The average molecular weight is 384 g/mol. The van der Waals surface area contributed by atoms with Crippen molar-refractivity contribution in [3.05, 3.63) is 57.4 Å². The van der Waals surface area contributed by atoms with Crippen LogP contribution in [0.15, 0.2) is 33.6 Å². The molecule has 3 rings (SSSR count). The lowest BCUT2D eigenvalue weighted by Crippen LogP contribution is -2.36. The van der Waals surface area contributed by atoms with E-state index in [0.717, 1.165) is 39.1 Å². The van der Waals surface area contributed by atoms with Crippen molar-refractivity contribution in [1.29, 1.82) is 0 Å². The predicted octanol–water partition coefficient (Wildman–Crippen LogP) is 4.19. The van der Waals surface area contributed by atoms with Gasteiger partial charge in [-0.1, -0.05) is 17.7 Å². The van der Waals surface area contributed by atoms with Gasteiger partial charge in [-0.3, -0.25) is 19.3 Å². The Morgan fingerprint density at radius 1 is 1.19 bits per heavy atom. The number of imide groups is 1. The molecule has 0 aliphatic carbocycles. The van der Waals surface area contributed by atoms with Crippen molar-refractivity contribution >= 4 is 40.6 Å². The molecule has 0 saturated carbocycles. The minimum absolute atomic E-state index is 0.281. The van der Waals surface area contributed by atoms with Crippen molar-refractivity contribution in [1.82, 2.24) is 4.90 Å². The molecule has 0 atom stereocenters. The Bertz CT molecular complexity index is 974. The van der Waals surface area contributed by atoms with Crippen LogP contribution in [0.3, 0.4) is 0 Å². The number of hydrogen-bond donors (Lipinski definition) is 1. The summed E-state index contributed by atoms with van der Waals surface area (Å²) in [6, 6.07) is 7.45. The van der Waals surface area contributed by atoms with E-state index in [1.165, 1.54) is 0 Å². The molecule has 2 heterocycles. The van der Waals surface area contributed by atoms with Crippen LogP contribution in [0.2, 0.25) is 0 Å². The van der Waals surface area contributed by atoms with Gasteiger partial charge in [0.1, 0.15) is 18.1 Å². The van der Waals surface area contributed by atoms with Crippen molar-refractivity contribution in [3.63, 3.8) is 0 Å². The first-order valence-electron chi connectivity index (χ1n) is 8.44. The highest BCUT2D eigenvalue weighted by atomic mass is 32.2. The lowest BCUT2D eigenvalue weighted by atomic mass is 10.1. The second-order valence-corrected chi connectivity index (χ2v) is 7.50. The molecule has 1 aliphatic rings. The van der Waals surface area contributed by atoms with Gasteiger partial charge in [-0.05, 0) is 63.2 Å². The SMILES string of the molecule is Cc1ccc(NC(=O)CN2C(=O)S/C(=C\c3cc(C)oc3C)C2=O)c(C)c1. The summed E-state index contributed by atoms with van der Waals surface area (Å²) in [4.78, 5) is 38.3. The zero-order chi connectivity index (χ0) is 19.7. The van der Waals surface area contributed by atoms with E-state index in [0.29, 0.717) is 11.4 Å². The summed E-state index contributed by atoms with van der Waals surface area (Å²) in [5.74, 6) is 0.512. The number of furan rings is 1. The van der Waals surface area contributed by atoms with Crippen LogP contribution in [0.5, 0.6) is 0 Å². The Kier molecular flexibility index (Phi) is 5.23. The van der Waals surface area contributed by atoms with Gasteiger partial charge in [0.05, 0.1) is 4.91 Å². The molecule has 1 aromatic heterocycles. The minimum atomic E-state index is -0.473. The Hall–Kier alpha value is -2.80. The van der Waals surface area contributed by atoms with E-state index < -0.39 is 17.1 Å². The highest BCUT2D eigenvalue weighted by Crippen LogP contribution is 2.33. The number of amides is 3. The molecule has 0 bridgehead atoms. The number of rotatable bonds is 4. The van der Waals surface area contributed by atoms with Crippen LogP contribution in [-0.4, -0.2) is 28.5 Å². The number of carbonyl (C=O) groups excluding carboxylic acids is 3. The smallest absolute Gasteiger partial charge is 0.294 e. The molecule has 27 heavy (non-hydrogen) atoms. The van der Waals surface area contributed by atoms with Crippen LogP contribution >= 0.6 is 11.8 Å². The first kappa shape index (κ1) is 19.0. The van der Waals surface area contributed by atoms with Gasteiger partial charge in [-0.2, -0.15) is 0 Å². The Morgan fingerprint density at radius 3 is 2.56 bits per heavy atom. The predicted molar refractivity (Wildman–Crippen MR) is 105 cm³/mol.